The van der Waals surface area contributed by atoms with E-state index in [0.29, 0.717) is 36.0 Å². The van der Waals surface area contributed by atoms with Crippen molar-refractivity contribution in [1.82, 2.24) is 14.9 Å². The van der Waals surface area contributed by atoms with Crippen LogP contribution in [0.25, 0.3) is 16.6 Å². The quantitative estimate of drug-likeness (QED) is 0.617. The molecular formula is C22H23N5O3. The molecule has 0 unspecified atom stereocenters. The lowest BCUT2D eigenvalue weighted by Gasteiger charge is -2.51. The van der Waals surface area contributed by atoms with Crippen LogP contribution < -0.4 is 14.4 Å². The van der Waals surface area contributed by atoms with E-state index in [1.54, 1.807) is 20.3 Å². The number of nitrogens with one attached hydrogen (secondary N) is 2. The molecule has 2 aliphatic rings. The third kappa shape index (κ3) is 2.50. The highest BCUT2D eigenvalue weighted by molar-refractivity contribution is 6.32. The van der Waals surface area contributed by atoms with Gasteiger partial charge >= 0.3 is 0 Å². The number of hydrogen-bond acceptors (Lipinski definition) is 6. The topological polar surface area (TPSA) is 97.7 Å². The minimum absolute atomic E-state index is 0.159. The molecule has 3 N–H and O–H groups in total. The van der Waals surface area contributed by atoms with Crippen LogP contribution in [0.3, 0.4) is 0 Å². The van der Waals surface area contributed by atoms with Gasteiger partial charge in [0.1, 0.15) is 34.5 Å². The second kappa shape index (κ2) is 6.50. The third-order valence-electron chi connectivity index (χ3n) is 5.85. The van der Waals surface area contributed by atoms with Gasteiger partial charge in [0.25, 0.3) is 0 Å². The molecule has 0 aliphatic carbocycles. The number of benzene rings is 2. The number of para-hydroxylation sites is 2. The molecule has 1 fully saturated rings. The van der Waals surface area contributed by atoms with Crippen molar-refractivity contribution in [1.29, 1.82) is 5.41 Å². The second-order valence-corrected chi connectivity index (χ2v) is 7.78. The molecule has 0 amide bonds. The van der Waals surface area contributed by atoms with Gasteiger partial charge in [-0.25, -0.2) is 4.98 Å². The summed E-state index contributed by atoms with van der Waals surface area (Å²) in [7, 11) is 5.18. The molecular weight excluding hydrogens is 382 g/mol. The highest BCUT2D eigenvalue weighted by Gasteiger charge is 2.58. The number of methoxy groups -OCH3 is 2. The van der Waals surface area contributed by atoms with Gasteiger partial charge in [0.05, 0.1) is 36.5 Å². The number of hydrogen-bond donors (Lipinski definition) is 3. The first kappa shape index (κ1) is 18.5. The number of aromatic nitrogens is 2. The number of nitrogens with zero attached hydrogens (tertiary/aromatic N) is 3. The molecule has 2 aromatic carbocycles. The molecule has 5 rings (SSSR count). The van der Waals surface area contributed by atoms with Gasteiger partial charge in [-0.05, 0) is 19.2 Å². The lowest BCUT2D eigenvalue weighted by Crippen LogP contribution is -2.69. The van der Waals surface area contributed by atoms with Crippen molar-refractivity contribution in [2.24, 2.45) is 0 Å². The van der Waals surface area contributed by atoms with Gasteiger partial charge in [-0.2, -0.15) is 0 Å². The maximum Gasteiger partial charge on any atom is 0.145 e. The zero-order chi connectivity index (χ0) is 21.0. The Bertz CT molecular complexity index is 1140. The number of H-pyrrole nitrogens is 1. The molecule has 0 saturated carbocycles. The van der Waals surface area contributed by atoms with E-state index in [2.05, 4.69) is 14.9 Å². The van der Waals surface area contributed by atoms with E-state index in [-0.39, 0.29) is 11.6 Å². The number of aliphatic hydroxyl groups is 1. The predicted octanol–water partition coefficient (Wildman–Crippen LogP) is 3.03. The van der Waals surface area contributed by atoms with Crippen LogP contribution in [0, 0.1) is 5.41 Å². The molecule has 2 aliphatic heterocycles. The van der Waals surface area contributed by atoms with E-state index in [1.165, 1.54) is 0 Å². The van der Waals surface area contributed by atoms with Crippen molar-refractivity contribution < 1.29 is 14.6 Å². The summed E-state index contributed by atoms with van der Waals surface area (Å²) >= 11 is 0. The number of imidazole rings is 1. The van der Waals surface area contributed by atoms with Crippen LogP contribution in [0.1, 0.15) is 5.82 Å². The van der Waals surface area contributed by atoms with Gasteiger partial charge in [0, 0.05) is 31.3 Å². The average molecular weight is 405 g/mol. The maximum atomic E-state index is 11.4. The fourth-order valence-corrected chi connectivity index (χ4v) is 4.51. The molecule has 3 heterocycles. The van der Waals surface area contributed by atoms with Crippen LogP contribution in [0.5, 0.6) is 11.5 Å². The van der Waals surface area contributed by atoms with E-state index in [4.69, 9.17) is 14.9 Å². The van der Waals surface area contributed by atoms with Gasteiger partial charge in [-0.15, -0.1) is 0 Å². The maximum absolute atomic E-state index is 11.4. The van der Waals surface area contributed by atoms with Gasteiger partial charge in [0.2, 0.25) is 0 Å². The first-order valence-corrected chi connectivity index (χ1v) is 9.66. The number of likely N-dealkylation sites (tertiary alicyclic amines) is 1. The van der Waals surface area contributed by atoms with Crippen LogP contribution in [-0.2, 0) is 0 Å². The lowest BCUT2D eigenvalue weighted by molar-refractivity contribution is 0.0975. The monoisotopic (exact) mass is 405 g/mol. The Morgan fingerprint density at radius 1 is 1.10 bits per heavy atom. The number of ether oxygens (including phenoxy) is 2. The predicted molar refractivity (Wildman–Crippen MR) is 116 cm³/mol. The summed E-state index contributed by atoms with van der Waals surface area (Å²) in [5.41, 5.74) is 2.07. The number of aliphatic hydroxyl groups excluding tert-OH is 1. The highest BCUT2D eigenvalue weighted by Crippen LogP contribution is 2.47. The van der Waals surface area contributed by atoms with Crippen molar-refractivity contribution in [2.45, 2.75) is 5.54 Å². The van der Waals surface area contributed by atoms with Crippen LogP contribution >= 0.6 is 0 Å². The Kier molecular flexibility index (Phi) is 4.01. The molecule has 1 spiro atoms. The number of fused-ring (bicyclic) bond motifs is 1. The summed E-state index contributed by atoms with van der Waals surface area (Å²) in [5.74, 6) is 2.08. The fourth-order valence-electron chi connectivity index (χ4n) is 4.51. The van der Waals surface area contributed by atoms with E-state index in [1.807, 2.05) is 48.3 Å². The molecule has 0 radical (unpaired) electrons. The number of aromatic amines is 1. The minimum Gasteiger partial charge on any atom is -0.509 e. The summed E-state index contributed by atoms with van der Waals surface area (Å²) in [5, 5.41) is 20.4. The smallest absolute Gasteiger partial charge is 0.145 e. The van der Waals surface area contributed by atoms with Crippen LogP contribution in [-0.4, -0.2) is 65.7 Å². The zero-order valence-corrected chi connectivity index (χ0v) is 17.1. The van der Waals surface area contributed by atoms with Crippen molar-refractivity contribution in [3.05, 3.63) is 54.0 Å². The summed E-state index contributed by atoms with van der Waals surface area (Å²) < 4.78 is 10.9. The highest BCUT2D eigenvalue weighted by atomic mass is 16.5. The fraction of sp³-hybridized carbons (Fsp3) is 0.273. The lowest BCUT2D eigenvalue weighted by atomic mass is 9.87. The number of rotatable bonds is 4. The first-order chi connectivity index (χ1) is 14.5. The van der Waals surface area contributed by atoms with E-state index < -0.39 is 5.54 Å². The molecule has 1 aromatic heterocycles. The molecule has 3 aromatic rings. The molecule has 30 heavy (non-hydrogen) atoms. The summed E-state index contributed by atoms with van der Waals surface area (Å²) in [6.45, 7) is 1.18. The Morgan fingerprint density at radius 3 is 2.37 bits per heavy atom. The number of anilines is 1. The van der Waals surface area contributed by atoms with Gasteiger partial charge < -0.3 is 29.4 Å². The van der Waals surface area contributed by atoms with Crippen molar-refractivity contribution in [3.63, 3.8) is 0 Å². The van der Waals surface area contributed by atoms with E-state index >= 15 is 0 Å². The normalized spacial score (nSPS) is 18.4. The van der Waals surface area contributed by atoms with Crippen molar-refractivity contribution in [3.8, 4) is 11.5 Å². The Balaban J connectivity index is 1.66. The summed E-state index contributed by atoms with van der Waals surface area (Å²) in [6, 6.07) is 13.2. The van der Waals surface area contributed by atoms with Crippen LogP contribution in [0.4, 0.5) is 5.69 Å². The Morgan fingerprint density at radius 2 is 1.77 bits per heavy atom. The summed E-state index contributed by atoms with van der Waals surface area (Å²) in [6.07, 6.45) is 0. The number of likely N-dealkylation sites (N-methyl/N-ethyl adjacent to an activating group) is 1. The minimum atomic E-state index is -0.725. The first-order valence-electron chi connectivity index (χ1n) is 9.66. The van der Waals surface area contributed by atoms with Crippen LogP contribution in [0.2, 0.25) is 0 Å². The van der Waals surface area contributed by atoms with Gasteiger partial charge in [-0.3, -0.25) is 5.41 Å². The van der Waals surface area contributed by atoms with E-state index in [9.17, 15) is 5.11 Å². The van der Waals surface area contributed by atoms with Crippen molar-refractivity contribution >= 4 is 28.1 Å². The van der Waals surface area contributed by atoms with Crippen molar-refractivity contribution in [2.75, 3.05) is 39.3 Å². The molecule has 154 valence electrons. The molecule has 8 nitrogen and oxygen atoms in total. The SMILES string of the molecule is COc1cc(OC)cc(N2C(=N)C(c3nc4ccccc4[nH]3)=C(O)C23CN(C)C3)c1. The second-order valence-electron chi connectivity index (χ2n) is 7.78. The Labute approximate surface area is 173 Å². The standard InChI is InChI=1S/C22H23N5O3/c1-26-11-22(12-26)19(28)18(21-24-16-6-4-5-7-17(16)25-21)20(23)27(22)13-8-14(29-2)10-15(9-13)30-3/h4-10,23,28H,11-12H2,1-3H3,(H,24,25). The largest absolute Gasteiger partial charge is 0.509 e. The van der Waals surface area contributed by atoms with Gasteiger partial charge in [0.15, 0.2) is 0 Å². The zero-order valence-electron chi connectivity index (χ0n) is 17.1. The molecule has 8 heteroatoms. The molecule has 0 atom stereocenters. The summed E-state index contributed by atoms with van der Waals surface area (Å²) in [4.78, 5) is 11.8. The molecule has 1 saturated heterocycles. The average Bonchev–Trinajstić information content (AvgIpc) is 3.24. The number of amidine groups is 1. The molecule has 0 bridgehead atoms. The van der Waals surface area contributed by atoms with E-state index in [0.717, 1.165) is 16.7 Å². The van der Waals surface area contributed by atoms with Crippen LogP contribution in [0.15, 0.2) is 48.2 Å². The van der Waals surface area contributed by atoms with Gasteiger partial charge in [-0.1, -0.05) is 12.1 Å². The third-order valence-corrected chi connectivity index (χ3v) is 5.85. The Hall–Kier alpha value is -3.52.